The Kier molecular flexibility index (Phi) is 4.73. The van der Waals surface area contributed by atoms with Gasteiger partial charge in [0, 0.05) is 6.42 Å². The van der Waals surface area contributed by atoms with E-state index < -0.39 is 0 Å². The van der Waals surface area contributed by atoms with Gasteiger partial charge in [0.1, 0.15) is 0 Å². The Balaban J connectivity index is 0.00000144. The standard InChI is InChI=1S/C14H14N2.ClH/c15-14(16)10-11-6-8-13(9-7-11)12-4-2-1-3-5-12;/h1-9H,10H2,(H3,15,16);1H. The van der Waals surface area contributed by atoms with Crippen molar-refractivity contribution in [1.29, 1.82) is 5.41 Å². The normalized spacial score (nSPS) is 9.41. The fraction of sp³-hybridized carbons (Fsp3) is 0.0714. The first-order valence-corrected chi connectivity index (χ1v) is 5.23. The van der Waals surface area contributed by atoms with Crippen LogP contribution < -0.4 is 5.73 Å². The summed E-state index contributed by atoms with van der Waals surface area (Å²) >= 11 is 0. The molecule has 0 aliphatic carbocycles. The summed E-state index contributed by atoms with van der Waals surface area (Å²) in [4.78, 5) is 0. The Hall–Kier alpha value is -1.80. The molecule has 0 atom stereocenters. The van der Waals surface area contributed by atoms with Gasteiger partial charge >= 0.3 is 0 Å². The maximum atomic E-state index is 7.23. The van der Waals surface area contributed by atoms with Crippen molar-refractivity contribution in [2.24, 2.45) is 5.73 Å². The van der Waals surface area contributed by atoms with Crippen LogP contribution >= 0.6 is 12.4 Å². The van der Waals surface area contributed by atoms with Gasteiger partial charge in [0.05, 0.1) is 5.84 Å². The molecule has 3 heteroatoms. The molecule has 0 aliphatic rings. The number of amidine groups is 1. The van der Waals surface area contributed by atoms with Gasteiger partial charge in [0.2, 0.25) is 0 Å². The van der Waals surface area contributed by atoms with Crippen LogP contribution in [-0.2, 0) is 6.42 Å². The molecule has 0 saturated heterocycles. The van der Waals surface area contributed by atoms with E-state index in [2.05, 4.69) is 24.3 Å². The van der Waals surface area contributed by atoms with Crippen LogP contribution in [-0.4, -0.2) is 5.84 Å². The van der Waals surface area contributed by atoms with Crippen LogP contribution in [0.5, 0.6) is 0 Å². The number of nitrogens with two attached hydrogens (primary N) is 1. The van der Waals surface area contributed by atoms with Crippen LogP contribution in [0.25, 0.3) is 11.1 Å². The third kappa shape index (κ3) is 3.61. The van der Waals surface area contributed by atoms with E-state index in [1.807, 2.05) is 30.3 Å². The van der Waals surface area contributed by atoms with E-state index in [-0.39, 0.29) is 18.2 Å². The number of benzene rings is 2. The van der Waals surface area contributed by atoms with Gasteiger partial charge in [-0.05, 0) is 16.7 Å². The Morgan fingerprint density at radius 1 is 0.882 bits per heavy atom. The molecule has 0 aromatic heterocycles. The van der Waals surface area contributed by atoms with E-state index in [1.54, 1.807) is 0 Å². The van der Waals surface area contributed by atoms with Crippen molar-refractivity contribution in [2.45, 2.75) is 6.42 Å². The van der Waals surface area contributed by atoms with Crippen LogP contribution in [0.3, 0.4) is 0 Å². The number of rotatable bonds is 3. The monoisotopic (exact) mass is 246 g/mol. The van der Waals surface area contributed by atoms with Crippen molar-refractivity contribution < 1.29 is 0 Å². The summed E-state index contributed by atoms with van der Waals surface area (Å²) in [5.74, 6) is 0.201. The molecule has 0 fully saturated rings. The van der Waals surface area contributed by atoms with Crippen molar-refractivity contribution in [3.05, 3.63) is 60.2 Å². The Morgan fingerprint density at radius 2 is 1.41 bits per heavy atom. The molecule has 0 heterocycles. The maximum absolute atomic E-state index is 7.23. The molecule has 0 spiro atoms. The first kappa shape index (κ1) is 13.3. The van der Waals surface area contributed by atoms with Crippen molar-refractivity contribution >= 4 is 18.2 Å². The van der Waals surface area contributed by atoms with Crippen molar-refractivity contribution in [1.82, 2.24) is 0 Å². The average molecular weight is 247 g/mol. The SMILES string of the molecule is Cl.N=C(N)Cc1ccc(-c2ccccc2)cc1. The molecule has 17 heavy (non-hydrogen) atoms. The molecule has 0 bridgehead atoms. The van der Waals surface area contributed by atoms with Crippen LogP contribution in [0.4, 0.5) is 0 Å². The number of hydrogen-bond donors (Lipinski definition) is 2. The Bertz CT molecular complexity index is 477. The lowest BCUT2D eigenvalue weighted by molar-refractivity contribution is 1.25. The second kappa shape index (κ2) is 6.06. The van der Waals surface area contributed by atoms with Gasteiger partial charge in [-0.1, -0.05) is 54.6 Å². The molecule has 0 unspecified atom stereocenters. The minimum absolute atomic E-state index is 0. The second-order valence-electron chi connectivity index (χ2n) is 3.76. The van der Waals surface area contributed by atoms with Crippen LogP contribution in [0, 0.1) is 5.41 Å². The molecular formula is C14H15ClN2. The van der Waals surface area contributed by atoms with Gasteiger partial charge in [-0.3, -0.25) is 5.41 Å². The van der Waals surface area contributed by atoms with E-state index in [0.29, 0.717) is 6.42 Å². The zero-order valence-corrected chi connectivity index (χ0v) is 10.2. The summed E-state index contributed by atoms with van der Waals surface area (Å²) in [7, 11) is 0. The third-order valence-corrected chi connectivity index (χ3v) is 2.46. The number of halogens is 1. The topological polar surface area (TPSA) is 49.9 Å². The van der Waals surface area contributed by atoms with E-state index in [4.69, 9.17) is 11.1 Å². The highest BCUT2D eigenvalue weighted by Gasteiger charge is 1.98. The van der Waals surface area contributed by atoms with Gasteiger partial charge in [-0.2, -0.15) is 0 Å². The van der Waals surface area contributed by atoms with Crippen LogP contribution in [0.2, 0.25) is 0 Å². The lowest BCUT2D eigenvalue weighted by Crippen LogP contribution is -2.12. The quantitative estimate of drug-likeness (QED) is 0.634. The zero-order valence-electron chi connectivity index (χ0n) is 9.39. The van der Waals surface area contributed by atoms with Crippen LogP contribution in [0.1, 0.15) is 5.56 Å². The van der Waals surface area contributed by atoms with Crippen LogP contribution in [0.15, 0.2) is 54.6 Å². The summed E-state index contributed by atoms with van der Waals surface area (Å²) < 4.78 is 0. The minimum Gasteiger partial charge on any atom is -0.387 e. The molecule has 2 aromatic rings. The molecule has 2 nitrogen and oxygen atoms in total. The molecule has 0 radical (unpaired) electrons. The van der Waals surface area contributed by atoms with E-state index in [1.165, 1.54) is 11.1 Å². The van der Waals surface area contributed by atoms with Gasteiger partial charge in [0.25, 0.3) is 0 Å². The predicted octanol–water partition coefficient (Wildman–Crippen LogP) is 3.25. The van der Waals surface area contributed by atoms with E-state index >= 15 is 0 Å². The largest absolute Gasteiger partial charge is 0.387 e. The second-order valence-corrected chi connectivity index (χ2v) is 3.76. The summed E-state index contributed by atoms with van der Waals surface area (Å²) in [5.41, 5.74) is 8.83. The maximum Gasteiger partial charge on any atom is 0.0950 e. The summed E-state index contributed by atoms with van der Waals surface area (Å²) in [5, 5.41) is 7.23. The first-order valence-electron chi connectivity index (χ1n) is 5.23. The highest BCUT2D eigenvalue weighted by atomic mass is 35.5. The van der Waals surface area contributed by atoms with Gasteiger partial charge in [-0.15, -0.1) is 12.4 Å². The van der Waals surface area contributed by atoms with Crippen molar-refractivity contribution in [3.63, 3.8) is 0 Å². The number of nitrogens with one attached hydrogen (secondary N) is 1. The Labute approximate surface area is 107 Å². The molecule has 2 rings (SSSR count). The lowest BCUT2D eigenvalue weighted by Gasteiger charge is -2.03. The van der Waals surface area contributed by atoms with E-state index in [0.717, 1.165) is 5.56 Å². The summed E-state index contributed by atoms with van der Waals surface area (Å²) in [6, 6.07) is 18.4. The molecule has 0 aliphatic heterocycles. The van der Waals surface area contributed by atoms with Gasteiger partial charge in [-0.25, -0.2) is 0 Å². The zero-order chi connectivity index (χ0) is 11.4. The highest BCUT2D eigenvalue weighted by molar-refractivity contribution is 5.85. The summed E-state index contributed by atoms with van der Waals surface area (Å²) in [6.45, 7) is 0. The highest BCUT2D eigenvalue weighted by Crippen LogP contribution is 2.19. The van der Waals surface area contributed by atoms with E-state index in [9.17, 15) is 0 Å². The van der Waals surface area contributed by atoms with Crippen molar-refractivity contribution in [3.8, 4) is 11.1 Å². The van der Waals surface area contributed by atoms with Crippen molar-refractivity contribution in [2.75, 3.05) is 0 Å². The fourth-order valence-corrected chi connectivity index (χ4v) is 1.67. The average Bonchev–Trinajstić information content (AvgIpc) is 2.30. The molecule has 2 aromatic carbocycles. The Morgan fingerprint density at radius 3 is 1.94 bits per heavy atom. The smallest absolute Gasteiger partial charge is 0.0950 e. The summed E-state index contributed by atoms with van der Waals surface area (Å²) in [6.07, 6.45) is 0.523. The molecule has 3 N–H and O–H groups in total. The predicted molar refractivity (Wildman–Crippen MR) is 74.7 cm³/mol. The minimum atomic E-state index is 0. The lowest BCUT2D eigenvalue weighted by atomic mass is 10.0. The molecule has 88 valence electrons. The van der Waals surface area contributed by atoms with Gasteiger partial charge < -0.3 is 5.73 Å². The molecule has 0 amide bonds. The van der Waals surface area contributed by atoms with Gasteiger partial charge in [0.15, 0.2) is 0 Å². The molecular weight excluding hydrogens is 232 g/mol. The number of hydrogen-bond acceptors (Lipinski definition) is 1. The first-order chi connectivity index (χ1) is 7.75. The molecule has 0 saturated carbocycles. The third-order valence-electron chi connectivity index (χ3n) is 2.46. The fourth-order valence-electron chi connectivity index (χ4n) is 1.67.